The number of fused-ring (bicyclic) bond motifs is 2. The zero-order valence-corrected chi connectivity index (χ0v) is 14.8. The van der Waals surface area contributed by atoms with E-state index in [4.69, 9.17) is 9.72 Å². The topological polar surface area (TPSA) is 64.4 Å². The minimum Gasteiger partial charge on any atom is -0.348 e. The first kappa shape index (κ1) is 16.5. The number of benzene rings is 2. The number of likely N-dealkylation sites (N-methyl/N-ethyl adjacent to an activating group) is 1. The van der Waals surface area contributed by atoms with Gasteiger partial charge in [-0.3, -0.25) is 14.2 Å². The third-order valence-corrected chi connectivity index (χ3v) is 5.12. The third kappa shape index (κ3) is 1.99. The maximum atomic E-state index is 13.2. The van der Waals surface area contributed by atoms with Crippen LogP contribution in [0.3, 0.4) is 0 Å². The van der Waals surface area contributed by atoms with E-state index in [0.717, 1.165) is 5.56 Å². The van der Waals surface area contributed by atoms with Gasteiger partial charge in [-0.25, -0.2) is 4.98 Å². The van der Waals surface area contributed by atoms with Crippen molar-refractivity contribution in [1.29, 1.82) is 0 Å². The molecule has 1 aliphatic heterocycles. The van der Waals surface area contributed by atoms with Crippen LogP contribution in [0.25, 0.3) is 10.9 Å². The molecule has 6 nitrogen and oxygen atoms in total. The highest BCUT2D eigenvalue weighted by Crippen LogP contribution is 2.40. The van der Waals surface area contributed by atoms with Crippen LogP contribution in [0, 0.1) is 0 Å². The maximum Gasteiger partial charge on any atom is 0.262 e. The molecule has 6 heteroatoms. The number of methoxy groups -OCH3 is 1. The van der Waals surface area contributed by atoms with Gasteiger partial charge in [0.2, 0.25) is 11.6 Å². The van der Waals surface area contributed by atoms with Gasteiger partial charge < -0.3 is 9.64 Å². The van der Waals surface area contributed by atoms with Gasteiger partial charge in [-0.2, -0.15) is 0 Å². The molecule has 0 radical (unpaired) electrons. The summed E-state index contributed by atoms with van der Waals surface area (Å²) in [5.41, 5.74) is -0.192. The number of para-hydroxylation sites is 1. The fourth-order valence-electron chi connectivity index (χ4n) is 3.77. The molecule has 0 spiro atoms. The van der Waals surface area contributed by atoms with Crippen molar-refractivity contribution in [2.45, 2.75) is 18.7 Å². The molecule has 0 aliphatic carbocycles. The predicted molar refractivity (Wildman–Crippen MR) is 97.7 cm³/mol. The first-order valence-electron chi connectivity index (χ1n) is 8.42. The van der Waals surface area contributed by atoms with E-state index < -0.39 is 11.8 Å². The highest BCUT2D eigenvalue weighted by atomic mass is 16.5. The largest absolute Gasteiger partial charge is 0.348 e. The van der Waals surface area contributed by atoms with Crippen molar-refractivity contribution in [2.24, 2.45) is 0 Å². The number of carbonyl (C=O) groups is 1. The third-order valence-electron chi connectivity index (χ3n) is 5.12. The molecular formula is C20H19N3O3. The van der Waals surface area contributed by atoms with E-state index in [1.807, 2.05) is 36.4 Å². The Labute approximate surface area is 150 Å². The Kier molecular flexibility index (Phi) is 3.66. The van der Waals surface area contributed by atoms with Crippen LogP contribution >= 0.6 is 0 Å². The minimum absolute atomic E-state index is 0.206. The molecule has 132 valence electrons. The molecular weight excluding hydrogens is 330 g/mol. The Morgan fingerprint density at radius 1 is 1.04 bits per heavy atom. The number of hydrogen-bond acceptors (Lipinski definition) is 4. The van der Waals surface area contributed by atoms with Gasteiger partial charge in [0.05, 0.1) is 10.9 Å². The van der Waals surface area contributed by atoms with Crippen molar-refractivity contribution < 1.29 is 9.53 Å². The number of nitrogens with zero attached hydrogens (tertiary/aromatic N) is 3. The quantitative estimate of drug-likeness (QED) is 0.712. The number of hydrogen-bond donors (Lipinski definition) is 0. The van der Waals surface area contributed by atoms with Gasteiger partial charge in [-0.05, 0) is 19.1 Å². The molecule has 2 atom stereocenters. The lowest BCUT2D eigenvalue weighted by atomic mass is 9.95. The standard InChI is InChI=1S/C20H19N3O3/c1-13-17(24)22(2)20(26-3,14-9-5-4-6-10-14)19-21-16-12-8-7-11-15(16)18(25)23(13)19/h4-13H,1-3H3/t13-,20-/m0/s1. The summed E-state index contributed by atoms with van der Waals surface area (Å²) in [4.78, 5) is 32.4. The van der Waals surface area contributed by atoms with Crippen molar-refractivity contribution in [3.63, 3.8) is 0 Å². The summed E-state index contributed by atoms with van der Waals surface area (Å²) >= 11 is 0. The van der Waals surface area contributed by atoms with E-state index in [1.165, 1.54) is 16.6 Å². The average Bonchev–Trinajstić information content (AvgIpc) is 2.68. The second-order valence-corrected chi connectivity index (χ2v) is 6.42. The van der Waals surface area contributed by atoms with E-state index in [2.05, 4.69) is 0 Å². The van der Waals surface area contributed by atoms with Crippen molar-refractivity contribution in [2.75, 3.05) is 14.2 Å². The number of carbonyl (C=O) groups excluding carboxylic acids is 1. The Morgan fingerprint density at radius 2 is 1.69 bits per heavy atom. The lowest BCUT2D eigenvalue weighted by Crippen LogP contribution is -2.59. The van der Waals surface area contributed by atoms with E-state index in [-0.39, 0.29) is 11.5 Å². The molecule has 1 amide bonds. The van der Waals surface area contributed by atoms with E-state index >= 15 is 0 Å². The summed E-state index contributed by atoms with van der Waals surface area (Å²) in [6, 6.07) is 15.9. The smallest absolute Gasteiger partial charge is 0.262 e. The van der Waals surface area contributed by atoms with E-state index in [0.29, 0.717) is 16.7 Å². The highest BCUT2D eigenvalue weighted by molar-refractivity contribution is 5.84. The normalized spacial score (nSPS) is 22.5. The molecule has 0 saturated carbocycles. The molecule has 26 heavy (non-hydrogen) atoms. The van der Waals surface area contributed by atoms with Gasteiger partial charge in [0.1, 0.15) is 6.04 Å². The maximum absolute atomic E-state index is 13.2. The lowest BCUT2D eigenvalue weighted by molar-refractivity contribution is -0.169. The van der Waals surface area contributed by atoms with Crippen molar-refractivity contribution in [3.8, 4) is 0 Å². The lowest BCUT2D eigenvalue weighted by Gasteiger charge is -2.46. The summed E-state index contributed by atoms with van der Waals surface area (Å²) in [5, 5.41) is 0.485. The molecule has 0 unspecified atom stereocenters. The fraction of sp³-hybridized carbons (Fsp3) is 0.250. The van der Waals surface area contributed by atoms with Crippen LogP contribution in [0.1, 0.15) is 24.4 Å². The molecule has 0 fully saturated rings. The molecule has 2 heterocycles. The summed E-state index contributed by atoms with van der Waals surface area (Å²) in [7, 11) is 3.21. The van der Waals surface area contributed by atoms with Gasteiger partial charge in [0.15, 0.2) is 5.82 Å². The molecule has 0 saturated heterocycles. The molecule has 3 aromatic rings. The van der Waals surface area contributed by atoms with Gasteiger partial charge in [-0.15, -0.1) is 0 Å². The van der Waals surface area contributed by atoms with E-state index in [1.54, 1.807) is 32.2 Å². The van der Waals surface area contributed by atoms with Crippen molar-refractivity contribution in [3.05, 3.63) is 76.3 Å². The Hall–Kier alpha value is -2.99. The van der Waals surface area contributed by atoms with Gasteiger partial charge in [-0.1, -0.05) is 42.5 Å². The summed E-state index contributed by atoms with van der Waals surface area (Å²) < 4.78 is 7.37. The van der Waals surface area contributed by atoms with Crippen LogP contribution < -0.4 is 5.56 Å². The first-order valence-corrected chi connectivity index (χ1v) is 8.42. The fourth-order valence-corrected chi connectivity index (χ4v) is 3.77. The second kappa shape index (κ2) is 5.78. The molecule has 0 bridgehead atoms. The monoisotopic (exact) mass is 349 g/mol. The molecule has 4 rings (SSSR count). The number of rotatable bonds is 2. The van der Waals surface area contributed by atoms with Crippen LogP contribution in [0.4, 0.5) is 0 Å². The molecule has 0 N–H and O–H groups in total. The Morgan fingerprint density at radius 3 is 2.38 bits per heavy atom. The van der Waals surface area contributed by atoms with Crippen LogP contribution in [0.15, 0.2) is 59.4 Å². The molecule has 2 aromatic carbocycles. The van der Waals surface area contributed by atoms with Gasteiger partial charge in [0.25, 0.3) is 5.56 Å². The Bertz CT molecular complexity index is 1060. The second-order valence-electron chi connectivity index (χ2n) is 6.42. The SMILES string of the molecule is CO[C@@]1(c2ccccc2)c2nc3ccccc3c(=O)n2[C@@H](C)C(=O)N1C. The number of amides is 1. The van der Waals surface area contributed by atoms with E-state index in [9.17, 15) is 9.59 Å². The van der Waals surface area contributed by atoms with Crippen molar-refractivity contribution >= 4 is 16.8 Å². The highest BCUT2D eigenvalue weighted by Gasteiger charge is 2.51. The van der Waals surface area contributed by atoms with Crippen LogP contribution in [-0.2, 0) is 15.3 Å². The summed E-state index contributed by atoms with van der Waals surface area (Å²) in [5.74, 6) is 0.201. The van der Waals surface area contributed by atoms with Crippen LogP contribution in [0.5, 0.6) is 0 Å². The van der Waals surface area contributed by atoms with Crippen LogP contribution in [-0.4, -0.2) is 34.5 Å². The number of aromatic nitrogens is 2. The first-order chi connectivity index (χ1) is 12.5. The van der Waals surface area contributed by atoms with Gasteiger partial charge >= 0.3 is 0 Å². The van der Waals surface area contributed by atoms with Gasteiger partial charge in [0, 0.05) is 19.7 Å². The zero-order valence-electron chi connectivity index (χ0n) is 14.8. The summed E-state index contributed by atoms with van der Waals surface area (Å²) in [6.07, 6.45) is 0. The van der Waals surface area contributed by atoms with Crippen molar-refractivity contribution in [1.82, 2.24) is 14.5 Å². The van der Waals surface area contributed by atoms with Crippen LogP contribution in [0.2, 0.25) is 0 Å². The zero-order chi connectivity index (χ0) is 18.5. The Balaban J connectivity index is 2.17. The number of ether oxygens (including phenoxy) is 1. The molecule has 1 aromatic heterocycles. The minimum atomic E-state index is -1.27. The average molecular weight is 349 g/mol. The predicted octanol–water partition coefficient (Wildman–Crippen LogP) is 2.28. The molecule has 1 aliphatic rings. The summed E-state index contributed by atoms with van der Waals surface area (Å²) in [6.45, 7) is 1.71.